The first-order chi connectivity index (χ1) is 12.3. The van der Waals surface area contributed by atoms with Crippen molar-refractivity contribution in [2.75, 3.05) is 13.6 Å². The van der Waals surface area contributed by atoms with Gasteiger partial charge in [-0.1, -0.05) is 37.7 Å². The highest BCUT2D eigenvalue weighted by Crippen LogP contribution is 2.43. The van der Waals surface area contributed by atoms with Gasteiger partial charge in [-0.2, -0.15) is 0 Å². The van der Waals surface area contributed by atoms with Crippen molar-refractivity contribution >= 4 is 39.7 Å². The molecule has 0 fully saturated rings. The Hall–Kier alpha value is -1.40. The van der Waals surface area contributed by atoms with Gasteiger partial charge in [0.1, 0.15) is 10.8 Å². The summed E-state index contributed by atoms with van der Waals surface area (Å²) in [7, 11) is 1.98. The lowest BCUT2D eigenvalue weighted by Crippen LogP contribution is -2.14. The zero-order valence-electron chi connectivity index (χ0n) is 15.8. The Morgan fingerprint density at radius 3 is 2.69 bits per heavy atom. The molecule has 6 heteroatoms. The van der Waals surface area contributed by atoms with Gasteiger partial charge in [0.2, 0.25) is 0 Å². The van der Waals surface area contributed by atoms with E-state index in [1.165, 1.54) is 6.07 Å². The van der Waals surface area contributed by atoms with Gasteiger partial charge in [-0.05, 0) is 59.5 Å². The van der Waals surface area contributed by atoms with Crippen LogP contribution in [0.25, 0.3) is 0 Å². The van der Waals surface area contributed by atoms with Crippen molar-refractivity contribution < 1.29 is 4.39 Å². The van der Waals surface area contributed by atoms with Crippen LogP contribution < -0.4 is 0 Å². The molecule has 3 nitrogen and oxygen atoms in total. The highest BCUT2D eigenvalue weighted by atomic mass is 79.9. The summed E-state index contributed by atoms with van der Waals surface area (Å²) in [5.41, 5.74) is 2.69. The van der Waals surface area contributed by atoms with E-state index in [0.29, 0.717) is 5.92 Å². The molecule has 1 aromatic heterocycles. The van der Waals surface area contributed by atoms with Crippen LogP contribution in [0.5, 0.6) is 0 Å². The molecule has 1 heterocycles. The number of nitrogens with zero attached hydrogens (tertiary/aromatic N) is 3. The first kappa shape index (κ1) is 20.9. The van der Waals surface area contributed by atoms with Crippen molar-refractivity contribution in [3.63, 3.8) is 0 Å². The van der Waals surface area contributed by atoms with Crippen LogP contribution in [0.2, 0.25) is 0 Å². The summed E-state index contributed by atoms with van der Waals surface area (Å²) in [5, 5.41) is 1.02. The molecular formula is C20H25BrFN3S. The molecule has 0 spiro atoms. The third kappa shape index (κ3) is 5.55. The van der Waals surface area contributed by atoms with E-state index in [9.17, 15) is 4.39 Å². The van der Waals surface area contributed by atoms with Crippen molar-refractivity contribution in [2.45, 2.75) is 38.0 Å². The Morgan fingerprint density at radius 2 is 2.08 bits per heavy atom. The largest absolute Gasteiger partial charge is 0.366 e. The number of aryl methyl sites for hydroxylation is 1. The molecule has 1 unspecified atom stereocenters. The molecule has 140 valence electrons. The minimum atomic E-state index is -0.207. The summed E-state index contributed by atoms with van der Waals surface area (Å²) in [5.74, 6) is 0.133. The van der Waals surface area contributed by atoms with E-state index < -0.39 is 0 Å². The van der Waals surface area contributed by atoms with Gasteiger partial charge in [0.05, 0.1) is 22.2 Å². The number of hydrogen-bond donors (Lipinski definition) is 0. The number of halogens is 2. The molecule has 1 atom stereocenters. The maximum Gasteiger partial charge on any atom is 0.123 e. The Bertz CT molecular complexity index is 780. The molecule has 0 aliphatic carbocycles. The highest BCUT2D eigenvalue weighted by molar-refractivity contribution is 9.10. The first-order valence-corrected chi connectivity index (χ1v) is 10.3. The highest BCUT2D eigenvalue weighted by Gasteiger charge is 2.20. The average Bonchev–Trinajstić information content (AvgIpc) is 2.60. The topological polar surface area (TPSA) is 28.5 Å². The lowest BCUT2D eigenvalue weighted by Gasteiger charge is -2.21. The molecule has 2 rings (SSSR count). The minimum Gasteiger partial charge on any atom is -0.366 e. The SMILES string of the molecule is CCN(C)C=Nc1cc(Br)c(SC(c2cccc(F)c2)C(C)C)nc1C. The molecule has 0 saturated carbocycles. The van der Waals surface area contributed by atoms with Crippen LogP contribution in [0.1, 0.15) is 37.3 Å². The van der Waals surface area contributed by atoms with E-state index in [-0.39, 0.29) is 11.1 Å². The minimum absolute atomic E-state index is 0.120. The van der Waals surface area contributed by atoms with Crippen molar-refractivity contribution in [2.24, 2.45) is 10.9 Å². The standard InChI is InChI=1S/C20H25BrFN3S/c1-6-25(5)12-23-18-11-17(21)20(24-14(18)4)26-19(13(2)3)15-8-7-9-16(22)10-15/h7-13,19H,6H2,1-5H3. The third-order valence-corrected chi connectivity index (χ3v) is 6.49. The average molecular weight is 438 g/mol. The van der Waals surface area contributed by atoms with Crippen molar-refractivity contribution in [1.29, 1.82) is 0 Å². The second-order valence-corrected chi connectivity index (χ2v) is 8.52. The Balaban J connectivity index is 2.30. The Morgan fingerprint density at radius 1 is 1.35 bits per heavy atom. The Kier molecular flexibility index (Phi) is 7.65. The molecule has 26 heavy (non-hydrogen) atoms. The van der Waals surface area contributed by atoms with Gasteiger partial charge in [0, 0.05) is 18.8 Å². The second kappa shape index (κ2) is 9.51. The number of pyridine rings is 1. The van der Waals surface area contributed by atoms with Gasteiger partial charge in [-0.15, -0.1) is 0 Å². The summed E-state index contributed by atoms with van der Waals surface area (Å²) >= 11 is 5.28. The van der Waals surface area contributed by atoms with Crippen LogP contribution in [-0.2, 0) is 0 Å². The monoisotopic (exact) mass is 437 g/mol. The number of thioether (sulfide) groups is 1. The Labute approximate surface area is 168 Å². The van der Waals surface area contributed by atoms with E-state index >= 15 is 0 Å². The fourth-order valence-electron chi connectivity index (χ4n) is 2.40. The molecule has 0 bridgehead atoms. The summed E-state index contributed by atoms with van der Waals surface area (Å²) in [4.78, 5) is 11.3. The van der Waals surface area contributed by atoms with Crippen LogP contribution >= 0.6 is 27.7 Å². The van der Waals surface area contributed by atoms with Crippen molar-refractivity contribution in [3.05, 3.63) is 51.9 Å². The van der Waals surface area contributed by atoms with Gasteiger partial charge < -0.3 is 4.90 Å². The van der Waals surface area contributed by atoms with Crippen molar-refractivity contribution in [1.82, 2.24) is 9.88 Å². The smallest absolute Gasteiger partial charge is 0.123 e. The lowest BCUT2D eigenvalue weighted by atomic mass is 10.0. The van der Waals surface area contributed by atoms with Gasteiger partial charge in [0.15, 0.2) is 0 Å². The first-order valence-electron chi connectivity index (χ1n) is 8.65. The van der Waals surface area contributed by atoms with Gasteiger partial charge in [-0.3, -0.25) is 0 Å². The number of hydrogen-bond acceptors (Lipinski definition) is 3. The molecule has 1 aromatic carbocycles. The van der Waals surface area contributed by atoms with Crippen LogP contribution in [0, 0.1) is 18.7 Å². The maximum absolute atomic E-state index is 13.7. The van der Waals surface area contributed by atoms with E-state index in [1.807, 2.05) is 37.3 Å². The number of benzene rings is 1. The van der Waals surface area contributed by atoms with E-state index in [4.69, 9.17) is 4.98 Å². The number of aliphatic imine (C=N–C) groups is 1. The quantitative estimate of drug-likeness (QED) is 0.285. The fraction of sp³-hybridized carbons (Fsp3) is 0.400. The maximum atomic E-state index is 13.7. The molecule has 0 N–H and O–H groups in total. The van der Waals surface area contributed by atoms with E-state index in [0.717, 1.165) is 33.0 Å². The molecule has 0 amide bonds. The van der Waals surface area contributed by atoms with Crippen molar-refractivity contribution in [3.8, 4) is 0 Å². The molecule has 0 aliphatic heterocycles. The van der Waals surface area contributed by atoms with Gasteiger partial charge in [-0.25, -0.2) is 14.4 Å². The second-order valence-electron chi connectivity index (χ2n) is 6.54. The predicted octanol–water partition coefficient (Wildman–Crippen LogP) is 6.39. The van der Waals surface area contributed by atoms with Crippen LogP contribution in [0.3, 0.4) is 0 Å². The third-order valence-electron chi connectivity index (χ3n) is 4.02. The van der Waals surface area contributed by atoms with E-state index in [2.05, 4.69) is 41.7 Å². The molecule has 0 radical (unpaired) electrons. The van der Waals surface area contributed by atoms with Crippen LogP contribution in [-0.4, -0.2) is 29.8 Å². The normalized spacial score (nSPS) is 12.8. The summed E-state index contributed by atoms with van der Waals surface area (Å²) in [6, 6.07) is 8.81. The summed E-state index contributed by atoms with van der Waals surface area (Å²) in [6.45, 7) is 9.22. The molecule has 0 saturated heterocycles. The number of rotatable bonds is 7. The van der Waals surface area contributed by atoms with Crippen LogP contribution in [0.15, 0.2) is 44.8 Å². The molecule has 2 aromatic rings. The predicted molar refractivity (Wildman–Crippen MR) is 113 cm³/mol. The summed E-state index contributed by atoms with van der Waals surface area (Å²) < 4.78 is 14.6. The fourth-order valence-corrected chi connectivity index (χ4v) is 4.14. The van der Waals surface area contributed by atoms with Gasteiger partial charge in [0.25, 0.3) is 0 Å². The molecular weight excluding hydrogens is 413 g/mol. The summed E-state index contributed by atoms with van der Waals surface area (Å²) in [6.07, 6.45) is 1.81. The van der Waals surface area contributed by atoms with E-state index in [1.54, 1.807) is 23.9 Å². The molecule has 0 aliphatic rings. The zero-order valence-corrected chi connectivity index (χ0v) is 18.2. The number of aromatic nitrogens is 1. The van der Waals surface area contributed by atoms with Gasteiger partial charge >= 0.3 is 0 Å². The lowest BCUT2D eigenvalue weighted by molar-refractivity contribution is 0.552. The zero-order chi connectivity index (χ0) is 19.3. The van der Waals surface area contributed by atoms with Crippen LogP contribution in [0.4, 0.5) is 10.1 Å².